The van der Waals surface area contributed by atoms with E-state index < -0.39 is 0 Å². The van der Waals surface area contributed by atoms with Crippen molar-refractivity contribution in [3.63, 3.8) is 0 Å². The van der Waals surface area contributed by atoms with Crippen molar-refractivity contribution in [2.45, 2.75) is 39.7 Å². The molecule has 0 saturated carbocycles. The number of aliphatic hydroxyl groups is 2. The Bertz CT molecular complexity index is 1090. The minimum absolute atomic E-state index is 0.0458. The summed E-state index contributed by atoms with van der Waals surface area (Å²) >= 11 is 1.06. The topological polar surface area (TPSA) is 116 Å². The van der Waals surface area contributed by atoms with Crippen LogP contribution in [0.25, 0.3) is 0 Å². The Kier molecular flexibility index (Phi) is 13.8. The van der Waals surface area contributed by atoms with E-state index in [2.05, 4.69) is 9.98 Å². The standard InChI is InChI=1S/C27H30N2O4.O.V/c1-19(14-24(30)16-26(32)22-10-6-4-7-11-22)28-18-21(3)29-20(2)15-25(31)17-27(33)23-12-8-5-9-13-23;;/h4-13,16-17,21,30-31H,14-15,18H2,1-3H3;;/b24-16-,25-17-,28-19?,29-20?;;/t21-;;/m0../s1. The fourth-order valence-corrected chi connectivity index (χ4v) is 3.11. The Hall–Kier alpha value is -3.42. The molecule has 0 radical (unpaired) electrons. The van der Waals surface area contributed by atoms with Gasteiger partial charge in [0.05, 0.1) is 12.6 Å². The van der Waals surface area contributed by atoms with E-state index in [0.29, 0.717) is 29.1 Å². The van der Waals surface area contributed by atoms with Gasteiger partial charge in [-0.1, -0.05) is 60.7 Å². The average Bonchev–Trinajstić information content (AvgIpc) is 2.84. The van der Waals surface area contributed by atoms with Crippen molar-refractivity contribution in [3.05, 3.63) is 95.5 Å². The fourth-order valence-electron chi connectivity index (χ4n) is 3.11. The van der Waals surface area contributed by atoms with Crippen molar-refractivity contribution in [3.8, 4) is 0 Å². The molecule has 183 valence electrons. The zero-order chi connectivity index (χ0) is 26.2. The van der Waals surface area contributed by atoms with Crippen LogP contribution < -0.4 is 0 Å². The number of allylic oxidation sites excluding steroid dienone is 4. The molecule has 0 aliphatic rings. The summed E-state index contributed by atoms with van der Waals surface area (Å²) in [5.74, 6) is -0.605. The molecule has 0 saturated heterocycles. The van der Waals surface area contributed by atoms with Crippen LogP contribution in [0, 0.1) is 0 Å². The number of rotatable bonds is 11. The van der Waals surface area contributed by atoms with Gasteiger partial charge in [0.25, 0.3) is 0 Å². The van der Waals surface area contributed by atoms with Crippen molar-refractivity contribution in [1.82, 2.24) is 0 Å². The van der Waals surface area contributed by atoms with Gasteiger partial charge >= 0.3 is 21.0 Å². The molecule has 0 amide bonds. The number of aliphatic hydroxyl groups excluding tert-OH is 2. The van der Waals surface area contributed by atoms with E-state index in [4.69, 9.17) is 3.67 Å². The third-order valence-electron chi connectivity index (χ3n) is 4.65. The molecule has 0 unspecified atom stereocenters. The number of nitrogens with zero attached hydrogens (tertiary/aromatic N) is 2. The van der Waals surface area contributed by atoms with E-state index in [9.17, 15) is 19.8 Å². The number of carbonyl (C=O) groups is 2. The summed E-state index contributed by atoms with van der Waals surface area (Å²) < 4.78 is 8.19. The predicted octanol–water partition coefficient (Wildman–Crippen LogP) is 5.61. The number of benzene rings is 2. The second kappa shape index (κ2) is 16.3. The number of aliphatic imine (C=N–C) groups is 2. The van der Waals surface area contributed by atoms with Gasteiger partial charge in [0.2, 0.25) is 0 Å². The van der Waals surface area contributed by atoms with Crippen molar-refractivity contribution in [2.24, 2.45) is 9.98 Å². The first-order valence-corrected chi connectivity index (χ1v) is 11.5. The third-order valence-corrected chi connectivity index (χ3v) is 4.65. The average molecular weight is 513 g/mol. The zero-order valence-electron chi connectivity index (χ0n) is 20.1. The molecule has 2 aromatic rings. The summed E-state index contributed by atoms with van der Waals surface area (Å²) in [4.78, 5) is 33.2. The Morgan fingerprint density at radius 1 is 0.800 bits per heavy atom. The Morgan fingerprint density at radius 2 is 1.20 bits per heavy atom. The number of ketones is 2. The van der Waals surface area contributed by atoms with E-state index >= 15 is 0 Å². The van der Waals surface area contributed by atoms with Crippen LogP contribution in [0.2, 0.25) is 0 Å². The third kappa shape index (κ3) is 12.0. The van der Waals surface area contributed by atoms with Gasteiger partial charge in [-0.2, -0.15) is 0 Å². The van der Waals surface area contributed by atoms with Crippen LogP contribution in [0.4, 0.5) is 0 Å². The molecule has 0 aromatic heterocycles. The van der Waals surface area contributed by atoms with Crippen LogP contribution in [0.3, 0.4) is 0 Å². The van der Waals surface area contributed by atoms with Gasteiger partial charge in [0, 0.05) is 47.5 Å². The molecule has 0 aliphatic carbocycles. The van der Waals surface area contributed by atoms with Crippen molar-refractivity contribution in [2.75, 3.05) is 6.54 Å². The van der Waals surface area contributed by atoms with E-state index in [0.717, 1.165) is 17.4 Å². The molecule has 0 fully saturated rings. The summed E-state index contributed by atoms with van der Waals surface area (Å²) in [6.07, 6.45) is 2.79. The number of carbonyl (C=O) groups excluding carboxylic acids is 2. The second-order valence-electron chi connectivity index (χ2n) is 7.87. The van der Waals surface area contributed by atoms with E-state index in [1.165, 1.54) is 12.2 Å². The maximum atomic E-state index is 12.1. The fraction of sp³-hybridized carbons (Fsp3) is 0.259. The van der Waals surface area contributed by atoms with Gasteiger partial charge in [-0.05, 0) is 20.8 Å². The van der Waals surface area contributed by atoms with Gasteiger partial charge < -0.3 is 10.2 Å². The summed E-state index contributed by atoms with van der Waals surface area (Å²) in [5, 5.41) is 20.2. The van der Waals surface area contributed by atoms with Crippen molar-refractivity contribution in [1.29, 1.82) is 0 Å². The summed E-state index contributed by atoms with van der Waals surface area (Å²) in [6.45, 7) is 5.86. The summed E-state index contributed by atoms with van der Waals surface area (Å²) in [5.41, 5.74) is 2.39. The van der Waals surface area contributed by atoms with Crippen LogP contribution in [0.5, 0.6) is 0 Å². The minimum atomic E-state index is -0.257. The number of hydrogen-bond acceptors (Lipinski definition) is 7. The zero-order valence-corrected chi connectivity index (χ0v) is 21.5. The van der Waals surface area contributed by atoms with Gasteiger partial charge in [0.1, 0.15) is 11.5 Å². The molecule has 2 rings (SSSR count). The van der Waals surface area contributed by atoms with Gasteiger partial charge in [-0.15, -0.1) is 0 Å². The monoisotopic (exact) mass is 513 g/mol. The van der Waals surface area contributed by atoms with Crippen LogP contribution in [-0.4, -0.2) is 45.8 Å². The molecule has 8 heteroatoms. The van der Waals surface area contributed by atoms with Crippen molar-refractivity contribution >= 4 is 23.0 Å². The van der Waals surface area contributed by atoms with E-state index in [1.54, 1.807) is 62.4 Å². The van der Waals surface area contributed by atoms with Crippen LogP contribution in [-0.2, 0) is 21.0 Å². The SMILES string of the molecule is CC(C/C(O)=C/C(=O)c1ccccc1)=NC[C@H](C)N=C(C)C/C(O)=C/C(=O)c1ccccc1.[O]=[V]. The Balaban J connectivity index is 0.00000298. The van der Waals surface area contributed by atoms with Crippen LogP contribution in [0.15, 0.2) is 94.3 Å². The molecular formula is C27H30N2O5V. The van der Waals surface area contributed by atoms with Crippen LogP contribution >= 0.6 is 0 Å². The molecule has 7 nitrogen and oxygen atoms in total. The van der Waals surface area contributed by atoms with E-state index in [1.807, 2.05) is 19.1 Å². The molecule has 0 spiro atoms. The molecule has 2 N–H and O–H groups in total. The first-order chi connectivity index (χ1) is 16.7. The normalized spacial score (nSPS) is 13.4. The number of hydrogen-bond donors (Lipinski definition) is 2. The van der Waals surface area contributed by atoms with Gasteiger partial charge in [0.15, 0.2) is 11.6 Å². The molecule has 0 aliphatic heterocycles. The molecule has 35 heavy (non-hydrogen) atoms. The maximum absolute atomic E-state index is 12.1. The van der Waals surface area contributed by atoms with E-state index in [-0.39, 0.29) is 42.0 Å². The second-order valence-corrected chi connectivity index (χ2v) is 7.87. The Labute approximate surface area is 215 Å². The van der Waals surface area contributed by atoms with Crippen molar-refractivity contribution < 1.29 is 40.8 Å². The predicted molar refractivity (Wildman–Crippen MR) is 133 cm³/mol. The quantitative estimate of drug-likeness (QED) is 0.175. The molecule has 0 heterocycles. The molecule has 1 atom stereocenters. The summed E-state index contributed by atoms with van der Waals surface area (Å²) in [6, 6.07) is 17.4. The Morgan fingerprint density at radius 3 is 1.63 bits per heavy atom. The van der Waals surface area contributed by atoms with Crippen LogP contribution in [0.1, 0.15) is 54.3 Å². The van der Waals surface area contributed by atoms with Gasteiger partial charge in [-0.3, -0.25) is 19.6 Å². The first-order valence-electron chi connectivity index (χ1n) is 10.9. The summed E-state index contributed by atoms with van der Waals surface area (Å²) in [7, 11) is 0. The van der Waals surface area contributed by atoms with Gasteiger partial charge in [-0.25, -0.2) is 0 Å². The molecular weight excluding hydrogens is 483 g/mol. The first kappa shape index (κ1) is 29.6. The molecule has 2 aromatic carbocycles. The molecule has 0 bridgehead atoms.